The summed E-state index contributed by atoms with van der Waals surface area (Å²) in [5.74, 6) is 0.322. The lowest BCUT2D eigenvalue weighted by molar-refractivity contribution is -0.133. The van der Waals surface area contributed by atoms with Gasteiger partial charge in [0.1, 0.15) is 11.5 Å². The van der Waals surface area contributed by atoms with Crippen molar-refractivity contribution in [1.82, 2.24) is 0 Å². The number of ether oxygens (including phenoxy) is 2. The molecule has 0 amide bonds. The van der Waals surface area contributed by atoms with Gasteiger partial charge in [0.15, 0.2) is 29.4 Å². The van der Waals surface area contributed by atoms with Crippen molar-refractivity contribution >= 4 is 33.7 Å². The van der Waals surface area contributed by atoms with Crippen LogP contribution in [0.25, 0.3) is 0 Å². The van der Waals surface area contributed by atoms with E-state index in [0.29, 0.717) is 17.1 Å². The summed E-state index contributed by atoms with van der Waals surface area (Å²) in [4.78, 5) is 33.8. The molecule has 0 heterocycles. The third-order valence-corrected chi connectivity index (χ3v) is 13.6. The minimum Gasteiger partial charge on any atom is -0.426 e. The van der Waals surface area contributed by atoms with E-state index < -0.39 is 5.97 Å². The normalized spacial score (nSPS) is 11.1. The topological polar surface area (TPSA) is 52.6 Å². The fourth-order valence-corrected chi connectivity index (χ4v) is 11.2. The average molecular weight is 759 g/mol. The molecule has 7 rings (SSSR count). The summed E-state index contributed by atoms with van der Waals surface area (Å²) in [6, 6.07) is 57.4. The van der Waals surface area contributed by atoms with Crippen LogP contribution in [0, 0.1) is 27.7 Å². The van der Waals surface area contributed by atoms with Gasteiger partial charge in [-0.05, 0) is 116 Å². The van der Waals surface area contributed by atoms with Gasteiger partial charge in [0.25, 0.3) is 0 Å². The molecular weight excluding hydrogens is 717 g/mol. The Morgan fingerprint density at radius 3 is 1.09 bits per heavy atom. The van der Waals surface area contributed by atoms with Crippen LogP contribution in [-0.4, -0.2) is 11.9 Å². The summed E-state index contributed by atoms with van der Waals surface area (Å²) >= 11 is 0. The second-order valence-corrected chi connectivity index (χ2v) is 17.4. The molecule has 0 radical (unpaired) electrons. The van der Waals surface area contributed by atoms with Gasteiger partial charge in [0.05, 0.1) is 33.8 Å². The molecule has 0 atom stereocenters. The smallest absolute Gasteiger partial charge is 0.343 e. The van der Waals surface area contributed by atoms with Crippen molar-refractivity contribution in [2.45, 2.75) is 63.5 Å². The number of benzene rings is 7. The van der Waals surface area contributed by atoms with Gasteiger partial charge < -0.3 is 9.47 Å². The van der Waals surface area contributed by atoms with E-state index in [1.54, 1.807) is 24.3 Å². The van der Waals surface area contributed by atoms with Crippen LogP contribution in [0.15, 0.2) is 199 Å². The lowest BCUT2D eigenvalue weighted by Gasteiger charge is -2.14. The Morgan fingerprint density at radius 2 is 0.745 bits per heavy atom. The van der Waals surface area contributed by atoms with Gasteiger partial charge in [-0.15, -0.1) is 0 Å². The molecule has 0 fully saturated rings. The van der Waals surface area contributed by atoms with E-state index in [1.165, 1.54) is 24.5 Å². The lowest BCUT2D eigenvalue weighted by Crippen LogP contribution is -2.14. The Morgan fingerprint density at radius 1 is 0.418 bits per heavy atom. The number of carbonyl (C=O) groups excluding carboxylic acids is 2. The zero-order valence-electron chi connectivity index (χ0n) is 31.3. The molecule has 0 spiro atoms. The summed E-state index contributed by atoms with van der Waals surface area (Å²) in [6.07, 6.45) is 0.0683. The van der Waals surface area contributed by atoms with Crippen molar-refractivity contribution in [1.29, 1.82) is 0 Å². The summed E-state index contributed by atoms with van der Waals surface area (Å²) in [7, 11) is -0.617. The highest BCUT2D eigenvalue weighted by Gasteiger charge is 2.31. The van der Waals surface area contributed by atoms with Crippen molar-refractivity contribution in [3.63, 3.8) is 0 Å². The van der Waals surface area contributed by atoms with Crippen LogP contribution in [0.5, 0.6) is 11.5 Å². The molecule has 0 bridgehead atoms. The first kappa shape index (κ1) is 37.5. The number of hydrogen-bond acceptors (Lipinski definition) is 4. The highest BCUT2D eigenvalue weighted by molar-refractivity contribution is 7.97. The fourth-order valence-electron chi connectivity index (χ4n) is 6.65. The number of hydrogen-bond donors (Lipinski definition) is 0. The minimum absolute atomic E-state index is 0.0683. The molecule has 0 aliphatic heterocycles. The van der Waals surface area contributed by atoms with Crippen LogP contribution in [0.2, 0.25) is 0 Å². The van der Waals surface area contributed by atoms with Crippen LogP contribution in [0.3, 0.4) is 0 Å². The van der Waals surface area contributed by atoms with Crippen LogP contribution in [0.4, 0.5) is 0 Å². The summed E-state index contributed by atoms with van der Waals surface area (Å²) < 4.78 is 12.0. The second kappa shape index (κ2) is 17.1. The van der Waals surface area contributed by atoms with Crippen LogP contribution in [-0.2, 0) is 33.0 Å². The lowest BCUT2D eigenvalue weighted by atomic mass is 10.1. The average Bonchev–Trinajstić information content (AvgIpc) is 3.20. The highest BCUT2D eigenvalue weighted by Crippen LogP contribution is 2.37. The molecule has 0 saturated carbocycles. The Labute approximate surface area is 329 Å². The number of aryl methyl sites for hydroxylation is 4. The third-order valence-electron chi connectivity index (χ3n) is 9.20. The molecule has 0 saturated heterocycles. The molecule has 4 nitrogen and oxygen atoms in total. The maximum atomic E-state index is 13.4. The molecule has 7 aromatic rings. The maximum absolute atomic E-state index is 13.4. The fraction of sp³-hybridized carbons (Fsp3) is 0.102. The minimum atomic E-state index is -0.449. The van der Waals surface area contributed by atoms with Crippen LogP contribution in [0.1, 0.15) is 38.2 Å². The second-order valence-electron chi connectivity index (χ2n) is 13.4. The molecule has 0 aliphatic carbocycles. The number of carbonyl (C=O) groups is 2. The first-order valence-electron chi connectivity index (χ1n) is 18.2. The van der Waals surface area contributed by atoms with Crippen molar-refractivity contribution in [3.05, 3.63) is 203 Å². The Hall–Kier alpha value is -5.82. The van der Waals surface area contributed by atoms with E-state index in [-0.39, 0.29) is 34.2 Å². The molecule has 6 heteroatoms. The zero-order valence-corrected chi connectivity index (χ0v) is 33.0. The monoisotopic (exact) mass is 758 g/mol. The van der Waals surface area contributed by atoms with Gasteiger partial charge in [-0.2, -0.15) is 0 Å². The highest BCUT2D eigenvalue weighted by atomic mass is 32.2. The van der Waals surface area contributed by atoms with Crippen molar-refractivity contribution in [3.8, 4) is 11.5 Å². The molecular formula is C49H42O4S2+2. The van der Waals surface area contributed by atoms with Gasteiger partial charge in [-0.25, -0.2) is 4.79 Å². The Balaban J connectivity index is 1.03. The van der Waals surface area contributed by atoms with Gasteiger partial charge in [0, 0.05) is 24.3 Å². The number of rotatable bonds is 11. The van der Waals surface area contributed by atoms with E-state index in [2.05, 4.69) is 121 Å². The van der Waals surface area contributed by atoms with E-state index in [0.717, 1.165) is 32.7 Å². The van der Waals surface area contributed by atoms with Gasteiger partial charge in [-0.3, -0.25) is 4.79 Å². The predicted molar refractivity (Wildman–Crippen MR) is 223 cm³/mol. The van der Waals surface area contributed by atoms with Gasteiger partial charge in [0.2, 0.25) is 0 Å². The molecule has 55 heavy (non-hydrogen) atoms. The van der Waals surface area contributed by atoms with Crippen LogP contribution < -0.4 is 9.47 Å². The molecule has 0 N–H and O–H groups in total. The first-order chi connectivity index (χ1) is 26.7. The largest absolute Gasteiger partial charge is 0.426 e. The summed E-state index contributed by atoms with van der Waals surface area (Å²) in [5, 5.41) is 0. The van der Waals surface area contributed by atoms with E-state index in [4.69, 9.17) is 9.47 Å². The van der Waals surface area contributed by atoms with Crippen molar-refractivity contribution in [2.75, 3.05) is 0 Å². The van der Waals surface area contributed by atoms with Crippen LogP contribution >= 0.6 is 0 Å². The molecule has 272 valence electrons. The molecule has 0 aromatic heterocycles. The standard InChI is InChI=1S/C49H42O4S2/c1-34-29-44(54(40-17-9-5-10-18-40)41-19-11-6-12-20-41)30-35(2)47(34)52-46(50)33-38-25-27-39(28-26-38)49(51)53-48-36(3)31-45(32-37(48)4)55(42-21-13-7-14-22-42)43-23-15-8-16-24-43/h5-32H,33H2,1-4H3/q+2. The molecule has 7 aromatic carbocycles. The SMILES string of the molecule is Cc1cc([S+](c2ccccc2)c2ccccc2)cc(C)c1OC(=O)Cc1ccc(C(=O)Oc2c(C)cc([S+](c3ccccc3)c3ccccc3)cc2C)cc1. The Kier molecular flexibility index (Phi) is 11.7. The zero-order chi connectivity index (χ0) is 38.3. The third kappa shape index (κ3) is 8.78. The molecule has 0 unspecified atom stereocenters. The summed E-state index contributed by atoms with van der Waals surface area (Å²) in [5.41, 5.74) is 4.74. The quantitative estimate of drug-likeness (QED) is 0.0749. The number of esters is 2. The van der Waals surface area contributed by atoms with Gasteiger partial charge in [-0.1, -0.05) is 84.9 Å². The van der Waals surface area contributed by atoms with E-state index >= 15 is 0 Å². The molecule has 0 aliphatic rings. The van der Waals surface area contributed by atoms with Gasteiger partial charge >= 0.3 is 11.9 Å². The van der Waals surface area contributed by atoms with E-state index in [1.807, 2.05) is 52.0 Å². The summed E-state index contributed by atoms with van der Waals surface area (Å²) in [6.45, 7) is 7.93. The predicted octanol–water partition coefficient (Wildman–Crippen LogP) is 11.5. The van der Waals surface area contributed by atoms with E-state index in [9.17, 15) is 9.59 Å². The van der Waals surface area contributed by atoms with Crippen molar-refractivity contribution in [2.24, 2.45) is 0 Å². The van der Waals surface area contributed by atoms with Crippen molar-refractivity contribution < 1.29 is 19.1 Å². The first-order valence-corrected chi connectivity index (χ1v) is 20.6. The Bertz CT molecular complexity index is 2290. The maximum Gasteiger partial charge on any atom is 0.343 e.